The quantitative estimate of drug-likeness (QED) is 0.268. The first kappa shape index (κ1) is 24.5. The maximum Gasteiger partial charge on any atom is 0.354 e. The summed E-state index contributed by atoms with van der Waals surface area (Å²) in [5.74, 6) is -2.71. The van der Waals surface area contributed by atoms with E-state index in [1.807, 2.05) is 14.1 Å². The van der Waals surface area contributed by atoms with Crippen molar-refractivity contribution in [2.24, 2.45) is 0 Å². The molecule has 176 valence electrons. The Morgan fingerprint density at radius 3 is 2.42 bits per heavy atom. The predicted octanol–water partition coefficient (Wildman–Crippen LogP) is 0.830. The molecule has 1 amide bonds. The van der Waals surface area contributed by atoms with Crippen LogP contribution in [-0.4, -0.2) is 61.8 Å². The maximum absolute atomic E-state index is 13.7. The molecule has 2 N–H and O–H groups in total. The third kappa shape index (κ3) is 4.67. The molecule has 1 saturated heterocycles. The van der Waals surface area contributed by atoms with Crippen LogP contribution in [-0.2, 0) is 14.3 Å². The van der Waals surface area contributed by atoms with Crippen molar-refractivity contribution in [3.8, 4) is 0 Å². The number of carbonyl (C=O) groups excluding carboxylic acids is 3. The van der Waals surface area contributed by atoms with Gasteiger partial charge in [0.1, 0.15) is 5.69 Å². The molecular weight excluding hydrogens is 446 g/mol. The SMILES string of the molecule is COC(=O)c1[nH]c(C)c(C([O-])=C2C(=O)C(=O)N(CCC[NH+](C)C)C2c2ccc(Cl)cc2)c1C. The van der Waals surface area contributed by atoms with Crippen LogP contribution >= 0.6 is 11.6 Å². The van der Waals surface area contributed by atoms with Crippen LogP contribution in [0.15, 0.2) is 29.8 Å². The fourth-order valence-electron chi connectivity index (χ4n) is 4.23. The number of H-pyrrole nitrogens is 1. The van der Waals surface area contributed by atoms with Crippen molar-refractivity contribution < 1.29 is 29.1 Å². The van der Waals surface area contributed by atoms with Crippen LogP contribution in [0.25, 0.3) is 5.76 Å². The van der Waals surface area contributed by atoms with Crippen molar-refractivity contribution in [3.05, 3.63) is 62.9 Å². The predicted molar refractivity (Wildman–Crippen MR) is 122 cm³/mol. The summed E-state index contributed by atoms with van der Waals surface area (Å²) >= 11 is 6.04. The zero-order chi connectivity index (χ0) is 24.4. The molecule has 0 bridgehead atoms. The zero-order valence-electron chi connectivity index (χ0n) is 19.4. The van der Waals surface area contributed by atoms with Crippen LogP contribution in [0, 0.1) is 13.8 Å². The van der Waals surface area contributed by atoms with Gasteiger partial charge in [-0.3, -0.25) is 9.59 Å². The standard InChI is InChI=1S/C24H28ClN3O5/c1-13-17(14(2)26-19(13)24(32)33-5)21(29)18-20(15-7-9-16(25)10-8-15)28(23(31)22(18)30)12-6-11-27(3)4/h7-10,20,26,29H,6,11-12H2,1-5H3. The number of carbonyl (C=O) groups is 3. The molecule has 8 nitrogen and oxygen atoms in total. The third-order valence-corrected chi connectivity index (χ3v) is 6.10. The lowest BCUT2D eigenvalue weighted by Gasteiger charge is -2.28. The molecule has 0 saturated carbocycles. The van der Waals surface area contributed by atoms with Crippen molar-refractivity contribution in [2.75, 3.05) is 34.3 Å². The third-order valence-electron chi connectivity index (χ3n) is 5.85. The number of amides is 1. The second-order valence-corrected chi connectivity index (χ2v) is 8.89. The Labute approximate surface area is 197 Å². The Hall–Kier alpha value is -3.10. The average Bonchev–Trinajstić information content (AvgIpc) is 3.20. The van der Waals surface area contributed by atoms with Crippen LogP contribution in [0.1, 0.15) is 45.3 Å². The van der Waals surface area contributed by atoms with E-state index in [-0.39, 0.29) is 16.8 Å². The van der Waals surface area contributed by atoms with Crippen LogP contribution in [0.3, 0.4) is 0 Å². The van der Waals surface area contributed by atoms with Gasteiger partial charge in [0, 0.05) is 29.3 Å². The van der Waals surface area contributed by atoms with Crippen molar-refractivity contribution in [1.82, 2.24) is 9.88 Å². The number of methoxy groups -OCH3 is 1. The molecule has 1 aromatic heterocycles. The van der Waals surface area contributed by atoms with Crippen molar-refractivity contribution in [2.45, 2.75) is 26.3 Å². The van der Waals surface area contributed by atoms with Gasteiger partial charge >= 0.3 is 5.97 Å². The molecule has 1 aliphatic rings. The molecule has 1 aromatic carbocycles. The van der Waals surface area contributed by atoms with E-state index in [4.69, 9.17) is 16.3 Å². The number of Topliss-reactive ketones (excluding diaryl/α,β-unsaturated/α-hetero) is 1. The summed E-state index contributed by atoms with van der Waals surface area (Å²) < 4.78 is 4.78. The number of nitrogens with one attached hydrogen (secondary N) is 2. The molecule has 1 fully saturated rings. The molecule has 0 spiro atoms. The van der Waals surface area contributed by atoms with Crippen LogP contribution < -0.4 is 10.0 Å². The first-order chi connectivity index (χ1) is 15.6. The van der Waals surface area contributed by atoms with Gasteiger partial charge in [-0.05, 0) is 42.7 Å². The summed E-state index contributed by atoms with van der Waals surface area (Å²) in [6.07, 6.45) is 0.668. The summed E-state index contributed by atoms with van der Waals surface area (Å²) in [7, 11) is 5.26. The molecule has 1 unspecified atom stereocenters. The van der Waals surface area contributed by atoms with E-state index < -0.39 is 29.5 Å². The van der Waals surface area contributed by atoms with E-state index in [0.29, 0.717) is 34.8 Å². The number of ether oxygens (including phenoxy) is 1. The number of ketones is 1. The molecule has 33 heavy (non-hydrogen) atoms. The number of aryl methyl sites for hydroxylation is 1. The molecule has 2 heterocycles. The smallest absolute Gasteiger partial charge is 0.354 e. The molecule has 1 atom stereocenters. The normalized spacial score (nSPS) is 17.8. The van der Waals surface area contributed by atoms with Gasteiger partial charge in [-0.15, -0.1) is 0 Å². The minimum atomic E-state index is -0.831. The van der Waals surface area contributed by atoms with Gasteiger partial charge in [-0.2, -0.15) is 0 Å². The van der Waals surface area contributed by atoms with Crippen molar-refractivity contribution in [3.63, 3.8) is 0 Å². The number of benzene rings is 1. The highest BCUT2D eigenvalue weighted by molar-refractivity contribution is 6.46. The van der Waals surface area contributed by atoms with E-state index in [1.165, 1.54) is 16.9 Å². The van der Waals surface area contributed by atoms with Gasteiger partial charge in [0.2, 0.25) is 5.78 Å². The molecular formula is C24H28ClN3O5. The number of hydrogen-bond acceptors (Lipinski definition) is 5. The number of rotatable bonds is 7. The highest BCUT2D eigenvalue weighted by atomic mass is 35.5. The molecule has 3 rings (SSSR count). The molecule has 0 radical (unpaired) electrons. The number of aromatic nitrogens is 1. The number of likely N-dealkylation sites (tertiary alicyclic amines) is 1. The topological polar surface area (TPSA) is 107 Å². The second kappa shape index (κ2) is 9.80. The van der Waals surface area contributed by atoms with Gasteiger partial charge in [0.15, 0.2) is 0 Å². The Morgan fingerprint density at radius 2 is 1.85 bits per heavy atom. The van der Waals surface area contributed by atoms with Crippen LogP contribution in [0.5, 0.6) is 0 Å². The fraction of sp³-hybridized carbons (Fsp3) is 0.375. The molecule has 0 aliphatic carbocycles. The molecule has 1 aliphatic heterocycles. The van der Waals surface area contributed by atoms with Crippen LogP contribution in [0.2, 0.25) is 5.02 Å². The van der Waals surface area contributed by atoms with Crippen molar-refractivity contribution in [1.29, 1.82) is 0 Å². The number of aromatic amines is 1. The Kier molecular flexibility index (Phi) is 7.29. The second-order valence-electron chi connectivity index (χ2n) is 8.45. The van der Waals surface area contributed by atoms with E-state index in [2.05, 4.69) is 4.98 Å². The summed E-state index contributed by atoms with van der Waals surface area (Å²) in [6, 6.07) is 5.93. The maximum atomic E-state index is 13.7. The molecule has 2 aromatic rings. The van der Waals surface area contributed by atoms with E-state index in [1.54, 1.807) is 38.1 Å². The number of esters is 1. The van der Waals surface area contributed by atoms with Gasteiger partial charge in [-0.25, -0.2) is 4.79 Å². The summed E-state index contributed by atoms with van der Waals surface area (Å²) in [4.78, 5) is 43.7. The van der Waals surface area contributed by atoms with Gasteiger partial charge in [0.25, 0.3) is 5.91 Å². The van der Waals surface area contributed by atoms with Gasteiger partial charge < -0.3 is 24.6 Å². The number of quaternary nitrogens is 1. The zero-order valence-corrected chi connectivity index (χ0v) is 20.1. The van der Waals surface area contributed by atoms with Crippen molar-refractivity contribution >= 4 is 35.0 Å². The monoisotopic (exact) mass is 473 g/mol. The lowest BCUT2D eigenvalue weighted by molar-refractivity contribution is -0.858. The summed E-state index contributed by atoms with van der Waals surface area (Å²) in [5.41, 5.74) is 1.64. The summed E-state index contributed by atoms with van der Waals surface area (Å²) in [6.45, 7) is 4.38. The highest BCUT2D eigenvalue weighted by Crippen LogP contribution is 2.40. The summed E-state index contributed by atoms with van der Waals surface area (Å²) in [5, 5.41) is 14.2. The average molecular weight is 474 g/mol. The van der Waals surface area contributed by atoms with Crippen LogP contribution in [0.4, 0.5) is 0 Å². The van der Waals surface area contributed by atoms with E-state index in [9.17, 15) is 19.5 Å². The highest BCUT2D eigenvalue weighted by Gasteiger charge is 2.44. The minimum absolute atomic E-state index is 0.124. The number of halogens is 1. The Morgan fingerprint density at radius 1 is 1.21 bits per heavy atom. The minimum Gasteiger partial charge on any atom is -0.872 e. The van der Waals surface area contributed by atoms with Gasteiger partial charge in [-0.1, -0.05) is 29.5 Å². The first-order valence-electron chi connectivity index (χ1n) is 10.7. The first-order valence-corrected chi connectivity index (χ1v) is 11.0. The Bertz CT molecular complexity index is 1120. The van der Waals surface area contributed by atoms with Gasteiger partial charge in [0.05, 0.1) is 33.8 Å². The Balaban J connectivity index is 2.17. The van der Waals surface area contributed by atoms with E-state index in [0.717, 1.165) is 6.54 Å². The number of nitrogens with zero attached hydrogens (tertiary/aromatic N) is 1. The van der Waals surface area contributed by atoms with E-state index >= 15 is 0 Å². The fourth-order valence-corrected chi connectivity index (χ4v) is 4.35. The lowest BCUT2D eigenvalue weighted by Crippen LogP contribution is -3.05. The lowest BCUT2D eigenvalue weighted by atomic mass is 9.94. The molecule has 9 heteroatoms. The largest absolute Gasteiger partial charge is 0.872 e. The number of hydrogen-bond donors (Lipinski definition) is 2.